The molecule has 0 saturated carbocycles. The molecule has 0 spiro atoms. The SMILES string of the molecule is CC(=O)c1ccccc1CCC(SCCC(=O)O)c1cccc(OCc2ccc3ccc(Cl)cc3n2)c1. The number of aliphatic carboxylic acids is 1. The summed E-state index contributed by atoms with van der Waals surface area (Å²) in [5, 5.41) is 10.8. The smallest absolute Gasteiger partial charge is 0.304 e. The van der Waals surface area contributed by atoms with E-state index in [1.165, 1.54) is 0 Å². The van der Waals surface area contributed by atoms with Crippen molar-refractivity contribution < 1.29 is 19.4 Å². The van der Waals surface area contributed by atoms with Crippen molar-refractivity contribution >= 4 is 46.0 Å². The third-order valence-electron chi connectivity index (χ3n) is 6.04. The Balaban J connectivity index is 1.48. The Hall–Kier alpha value is -3.35. The van der Waals surface area contributed by atoms with Gasteiger partial charge in [-0.1, -0.05) is 60.1 Å². The van der Waals surface area contributed by atoms with Crippen LogP contribution in [0.2, 0.25) is 5.02 Å². The van der Waals surface area contributed by atoms with Crippen molar-refractivity contribution in [3.8, 4) is 5.75 Å². The van der Waals surface area contributed by atoms with Crippen LogP contribution in [0.1, 0.15) is 52.2 Å². The maximum atomic E-state index is 12.1. The van der Waals surface area contributed by atoms with E-state index in [2.05, 4.69) is 4.98 Å². The molecule has 0 radical (unpaired) electrons. The topological polar surface area (TPSA) is 76.5 Å². The van der Waals surface area contributed by atoms with Crippen molar-refractivity contribution in [1.29, 1.82) is 0 Å². The zero-order valence-electron chi connectivity index (χ0n) is 20.5. The fourth-order valence-electron chi connectivity index (χ4n) is 4.18. The van der Waals surface area contributed by atoms with Crippen molar-refractivity contribution in [3.05, 3.63) is 106 Å². The summed E-state index contributed by atoms with van der Waals surface area (Å²) in [6.45, 7) is 1.90. The van der Waals surface area contributed by atoms with Crippen LogP contribution in [0.3, 0.4) is 0 Å². The van der Waals surface area contributed by atoms with E-state index in [1.54, 1.807) is 18.7 Å². The maximum Gasteiger partial charge on any atom is 0.304 e. The number of thioether (sulfide) groups is 1. The standard InChI is InChI=1S/C30H28ClNO4S/c1-20(33)27-8-3-2-5-21(27)11-14-29(37-16-15-30(34)35)23-6-4-7-26(17-23)36-19-25-13-10-22-9-12-24(31)18-28(22)32-25/h2-10,12-13,17-18,29H,11,14-16,19H2,1H3,(H,34,35). The van der Waals surface area contributed by atoms with Gasteiger partial charge in [-0.2, -0.15) is 11.8 Å². The zero-order valence-corrected chi connectivity index (χ0v) is 22.1. The highest BCUT2D eigenvalue weighted by atomic mass is 35.5. The number of benzene rings is 3. The number of carbonyl (C=O) groups excluding carboxylic acids is 1. The van der Waals surface area contributed by atoms with Gasteiger partial charge in [0.25, 0.3) is 0 Å². The molecule has 0 aliphatic heterocycles. The van der Waals surface area contributed by atoms with Crippen LogP contribution in [0.5, 0.6) is 5.75 Å². The molecule has 0 fully saturated rings. The minimum Gasteiger partial charge on any atom is -0.487 e. The lowest BCUT2D eigenvalue weighted by molar-refractivity contribution is -0.136. The number of halogens is 1. The molecule has 0 amide bonds. The number of Topliss-reactive ketones (excluding diaryl/α,β-unsaturated/α-hetero) is 1. The second kappa shape index (κ2) is 12.7. The third kappa shape index (κ3) is 7.57. The van der Waals surface area contributed by atoms with Gasteiger partial charge in [-0.3, -0.25) is 9.59 Å². The van der Waals surface area contributed by atoms with Gasteiger partial charge in [0.2, 0.25) is 0 Å². The normalized spacial score (nSPS) is 11.8. The van der Waals surface area contributed by atoms with Crippen LogP contribution in [-0.4, -0.2) is 27.6 Å². The highest BCUT2D eigenvalue weighted by molar-refractivity contribution is 7.99. The second-order valence-corrected chi connectivity index (χ2v) is 10.5. The van der Waals surface area contributed by atoms with Crippen LogP contribution in [0.4, 0.5) is 0 Å². The molecule has 0 aliphatic carbocycles. The first-order valence-electron chi connectivity index (χ1n) is 12.1. The van der Waals surface area contributed by atoms with Crippen molar-refractivity contribution in [3.63, 3.8) is 0 Å². The summed E-state index contributed by atoms with van der Waals surface area (Å²) in [6.07, 6.45) is 1.58. The van der Waals surface area contributed by atoms with E-state index >= 15 is 0 Å². The van der Waals surface area contributed by atoms with Crippen LogP contribution in [0, 0.1) is 0 Å². The molecule has 37 heavy (non-hydrogen) atoms. The summed E-state index contributed by atoms with van der Waals surface area (Å²) in [6, 6.07) is 25.1. The predicted molar refractivity (Wildman–Crippen MR) is 150 cm³/mol. The molecule has 1 aromatic heterocycles. The van der Waals surface area contributed by atoms with Gasteiger partial charge < -0.3 is 9.84 Å². The number of carboxylic acids is 1. The minimum atomic E-state index is -0.811. The van der Waals surface area contributed by atoms with Crippen molar-refractivity contribution in [2.24, 2.45) is 0 Å². The summed E-state index contributed by atoms with van der Waals surface area (Å²) in [4.78, 5) is 27.8. The molecule has 0 bridgehead atoms. The van der Waals surface area contributed by atoms with Gasteiger partial charge in [-0.25, -0.2) is 4.98 Å². The van der Waals surface area contributed by atoms with Gasteiger partial charge in [0.1, 0.15) is 12.4 Å². The van der Waals surface area contributed by atoms with Crippen LogP contribution in [-0.2, 0) is 17.8 Å². The van der Waals surface area contributed by atoms with Gasteiger partial charge in [-0.05, 0) is 61.2 Å². The van der Waals surface area contributed by atoms with E-state index in [1.807, 2.05) is 78.9 Å². The molecule has 190 valence electrons. The summed E-state index contributed by atoms with van der Waals surface area (Å²) in [7, 11) is 0. The van der Waals surface area contributed by atoms with E-state index in [0.29, 0.717) is 17.4 Å². The number of ether oxygens (including phenoxy) is 1. The summed E-state index contributed by atoms with van der Waals surface area (Å²) < 4.78 is 6.07. The van der Waals surface area contributed by atoms with E-state index in [9.17, 15) is 9.59 Å². The molecular formula is C30H28ClNO4S. The minimum absolute atomic E-state index is 0.0469. The second-order valence-electron chi connectivity index (χ2n) is 8.76. The zero-order chi connectivity index (χ0) is 26.2. The Kier molecular flexibility index (Phi) is 9.20. The number of aryl methyl sites for hydroxylation is 1. The molecule has 4 aromatic rings. The Morgan fingerprint density at radius 1 is 1.03 bits per heavy atom. The van der Waals surface area contributed by atoms with Crippen LogP contribution in [0.25, 0.3) is 10.9 Å². The molecular weight excluding hydrogens is 506 g/mol. The van der Waals surface area contributed by atoms with Crippen molar-refractivity contribution in [2.45, 2.75) is 38.0 Å². The first kappa shape index (κ1) is 26.7. The number of fused-ring (bicyclic) bond motifs is 1. The molecule has 7 heteroatoms. The third-order valence-corrected chi connectivity index (χ3v) is 7.62. The summed E-state index contributed by atoms with van der Waals surface area (Å²) in [5.74, 6) is 0.460. The van der Waals surface area contributed by atoms with E-state index < -0.39 is 5.97 Å². The van der Waals surface area contributed by atoms with E-state index in [-0.39, 0.29) is 17.5 Å². The molecule has 1 unspecified atom stereocenters. The van der Waals surface area contributed by atoms with Crippen molar-refractivity contribution in [2.75, 3.05) is 5.75 Å². The fourth-order valence-corrected chi connectivity index (χ4v) is 5.54. The quantitative estimate of drug-likeness (QED) is 0.189. The van der Waals surface area contributed by atoms with E-state index in [4.69, 9.17) is 21.4 Å². The first-order valence-corrected chi connectivity index (χ1v) is 13.5. The van der Waals surface area contributed by atoms with Gasteiger partial charge in [0.05, 0.1) is 17.6 Å². The Bertz CT molecular complexity index is 1410. The van der Waals surface area contributed by atoms with Crippen LogP contribution in [0.15, 0.2) is 78.9 Å². The summed E-state index contributed by atoms with van der Waals surface area (Å²) in [5.41, 5.74) is 4.43. The van der Waals surface area contributed by atoms with Crippen molar-refractivity contribution in [1.82, 2.24) is 4.98 Å². The molecule has 3 aromatic carbocycles. The number of hydrogen-bond donors (Lipinski definition) is 1. The Morgan fingerprint density at radius 3 is 2.65 bits per heavy atom. The van der Waals surface area contributed by atoms with Gasteiger partial charge in [0.15, 0.2) is 5.78 Å². The predicted octanol–water partition coefficient (Wildman–Crippen LogP) is 7.55. The molecule has 1 N–H and O–H groups in total. The summed E-state index contributed by atoms with van der Waals surface area (Å²) >= 11 is 7.73. The highest BCUT2D eigenvalue weighted by Gasteiger charge is 2.16. The number of hydrogen-bond acceptors (Lipinski definition) is 5. The number of carboxylic acid groups (broad SMARTS) is 1. The molecule has 5 nitrogen and oxygen atoms in total. The van der Waals surface area contributed by atoms with Gasteiger partial charge >= 0.3 is 5.97 Å². The van der Waals surface area contributed by atoms with Crippen LogP contribution < -0.4 is 4.74 Å². The molecule has 1 heterocycles. The monoisotopic (exact) mass is 533 g/mol. The highest BCUT2D eigenvalue weighted by Crippen LogP contribution is 2.36. The van der Waals surface area contributed by atoms with Gasteiger partial charge in [0, 0.05) is 27.0 Å². The lowest BCUT2D eigenvalue weighted by atomic mass is 9.97. The maximum absolute atomic E-state index is 12.1. The average molecular weight is 534 g/mol. The molecule has 0 aliphatic rings. The number of nitrogens with zero attached hydrogens (tertiary/aromatic N) is 1. The fraction of sp³-hybridized carbons (Fsp3) is 0.233. The molecule has 4 rings (SSSR count). The number of pyridine rings is 1. The van der Waals surface area contributed by atoms with Crippen LogP contribution >= 0.6 is 23.4 Å². The number of aromatic nitrogens is 1. The molecule has 0 saturated heterocycles. The average Bonchev–Trinajstić information content (AvgIpc) is 2.89. The molecule has 1 atom stereocenters. The number of rotatable bonds is 12. The lowest BCUT2D eigenvalue weighted by Gasteiger charge is -2.19. The van der Waals surface area contributed by atoms with E-state index in [0.717, 1.165) is 51.9 Å². The largest absolute Gasteiger partial charge is 0.487 e. The van der Waals surface area contributed by atoms with Gasteiger partial charge in [-0.15, -0.1) is 0 Å². The number of carbonyl (C=O) groups is 2. The Labute approximate surface area is 225 Å². The Morgan fingerprint density at radius 2 is 1.84 bits per heavy atom. The lowest BCUT2D eigenvalue weighted by Crippen LogP contribution is -2.05. The first-order chi connectivity index (χ1) is 17.9. The number of ketones is 1.